The molecule has 2 aromatic rings. The van der Waals surface area contributed by atoms with E-state index in [1.165, 1.54) is 12.1 Å². The first-order valence-corrected chi connectivity index (χ1v) is 6.13. The SMILES string of the molecule is O=c1cc(C2=CC=C(O)CC2)oc2cc(O)cc(O)c12. The van der Waals surface area contributed by atoms with Crippen molar-refractivity contribution in [3.63, 3.8) is 0 Å². The Morgan fingerprint density at radius 2 is 1.80 bits per heavy atom. The van der Waals surface area contributed by atoms with Gasteiger partial charge in [0.15, 0.2) is 5.43 Å². The minimum Gasteiger partial charge on any atom is -0.512 e. The maximum absolute atomic E-state index is 12.0. The number of allylic oxidation sites excluding steroid dienone is 4. The number of aliphatic hydroxyl groups excluding tert-OH is 1. The number of aromatic hydroxyl groups is 2. The van der Waals surface area contributed by atoms with Gasteiger partial charge in [0.05, 0.1) is 5.76 Å². The number of rotatable bonds is 1. The van der Waals surface area contributed by atoms with Crippen LogP contribution < -0.4 is 5.43 Å². The van der Waals surface area contributed by atoms with Gasteiger partial charge in [0.1, 0.15) is 28.2 Å². The van der Waals surface area contributed by atoms with Crippen molar-refractivity contribution in [3.8, 4) is 11.5 Å². The van der Waals surface area contributed by atoms with Gasteiger partial charge < -0.3 is 19.7 Å². The van der Waals surface area contributed by atoms with E-state index in [1.54, 1.807) is 12.2 Å². The average Bonchev–Trinajstić information content (AvgIpc) is 2.38. The van der Waals surface area contributed by atoms with E-state index in [0.717, 1.165) is 11.6 Å². The Balaban J connectivity index is 2.23. The normalized spacial score (nSPS) is 15.0. The number of hydrogen-bond acceptors (Lipinski definition) is 5. The molecule has 0 fully saturated rings. The van der Waals surface area contributed by atoms with Crippen LogP contribution in [-0.4, -0.2) is 15.3 Å². The molecule has 1 aromatic carbocycles. The van der Waals surface area contributed by atoms with Crippen LogP contribution >= 0.6 is 0 Å². The van der Waals surface area contributed by atoms with Gasteiger partial charge in [-0.25, -0.2) is 0 Å². The lowest BCUT2D eigenvalue weighted by Crippen LogP contribution is -2.03. The van der Waals surface area contributed by atoms with Gasteiger partial charge in [0.2, 0.25) is 0 Å². The molecular weight excluding hydrogens is 260 g/mol. The Bertz CT molecular complexity index is 811. The highest BCUT2D eigenvalue weighted by molar-refractivity contribution is 5.85. The highest BCUT2D eigenvalue weighted by atomic mass is 16.3. The summed E-state index contributed by atoms with van der Waals surface area (Å²) in [6.45, 7) is 0. The molecule has 1 aliphatic rings. The molecule has 1 aliphatic carbocycles. The summed E-state index contributed by atoms with van der Waals surface area (Å²) in [7, 11) is 0. The fourth-order valence-corrected chi connectivity index (χ4v) is 2.24. The molecule has 0 spiro atoms. The van der Waals surface area contributed by atoms with Crippen molar-refractivity contribution in [2.24, 2.45) is 0 Å². The van der Waals surface area contributed by atoms with E-state index in [2.05, 4.69) is 0 Å². The first-order valence-electron chi connectivity index (χ1n) is 6.13. The molecule has 5 heteroatoms. The predicted molar refractivity (Wildman–Crippen MR) is 73.7 cm³/mol. The smallest absolute Gasteiger partial charge is 0.197 e. The van der Waals surface area contributed by atoms with Crippen molar-refractivity contribution in [2.45, 2.75) is 12.8 Å². The zero-order valence-electron chi connectivity index (χ0n) is 10.5. The Kier molecular flexibility index (Phi) is 2.75. The van der Waals surface area contributed by atoms with Crippen LogP contribution in [-0.2, 0) is 0 Å². The molecule has 5 nitrogen and oxygen atoms in total. The Hall–Kier alpha value is -2.69. The van der Waals surface area contributed by atoms with E-state index in [0.29, 0.717) is 18.6 Å². The molecule has 20 heavy (non-hydrogen) atoms. The lowest BCUT2D eigenvalue weighted by molar-refractivity contribution is 0.388. The second kappa shape index (κ2) is 4.45. The third kappa shape index (κ3) is 2.03. The minimum absolute atomic E-state index is 0.0429. The van der Waals surface area contributed by atoms with Crippen LogP contribution in [0.1, 0.15) is 18.6 Å². The molecule has 0 unspecified atom stereocenters. The van der Waals surface area contributed by atoms with Gasteiger partial charge in [-0.3, -0.25) is 4.79 Å². The fraction of sp³-hybridized carbons (Fsp3) is 0.133. The molecule has 0 saturated carbocycles. The molecule has 0 radical (unpaired) electrons. The third-order valence-corrected chi connectivity index (χ3v) is 3.24. The predicted octanol–water partition coefficient (Wildman–Crippen LogP) is 2.82. The van der Waals surface area contributed by atoms with Gasteiger partial charge in [-0.1, -0.05) is 6.08 Å². The monoisotopic (exact) mass is 272 g/mol. The summed E-state index contributed by atoms with van der Waals surface area (Å²) in [5.74, 6) is 0.171. The van der Waals surface area contributed by atoms with E-state index in [1.807, 2.05) is 0 Å². The molecule has 0 saturated heterocycles. The number of aliphatic hydroxyl groups is 1. The Labute approximate surface area is 113 Å². The van der Waals surface area contributed by atoms with Crippen molar-refractivity contribution in [2.75, 3.05) is 0 Å². The summed E-state index contributed by atoms with van der Waals surface area (Å²) in [6, 6.07) is 3.69. The highest BCUT2D eigenvalue weighted by Gasteiger charge is 2.15. The van der Waals surface area contributed by atoms with Gasteiger partial charge in [-0.15, -0.1) is 0 Å². The number of phenolic OH excluding ortho intramolecular Hbond substituents is 2. The van der Waals surface area contributed by atoms with Gasteiger partial charge in [-0.2, -0.15) is 0 Å². The standard InChI is InChI=1S/C15H12O5/c16-9-3-1-8(2-4-9)13-7-12(19)15-11(18)5-10(17)6-14(15)20-13/h1,3,5-7,16-18H,2,4H2. The molecule has 1 heterocycles. The topological polar surface area (TPSA) is 90.9 Å². The molecular formula is C15H12O5. The van der Waals surface area contributed by atoms with Crippen LogP contribution in [0.15, 0.2) is 45.3 Å². The molecule has 0 amide bonds. The summed E-state index contributed by atoms with van der Waals surface area (Å²) < 4.78 is 5.58. The molecule has 3 N–H and O–H groups in total. The van der Waals surface area contributed by atoms with Crippen molar-refractivity contribution >= 4 is 16.5 Å². The number of benzene rings is 1. The Morgan fingerprint density at radius 3 is 2.50 bits per heavy atom. The minimum atomic E-state index is -0.376. The van der Waals surface area contributed by atoms with Gasteiger partial charge in [0, 0.05) is 24.6 Å². The number of phenols is 2. The van der Waals surface area contributed by atoms with Crippen LogP contribution in [0, 0.1) is 0 Å². The first kappa shape index (κ1) is 12.3. The molecule has 0 aliphatic heterocycles. The maximum Gasteiger partial charge on any atom is 0.197 e. The second-order valence-corrected chi connectivity index (χ2v) is 4.66. The lowest BCUT2D eigenvalue weighted by Gasteiger charge is -2.11. The first-order chi connectivity index (χ1) is 9.54. The van der Waals surface area contributed by atoms with Crippen LogP contribution in [0.5, 0.6) is 11.5 Å². The zero-order chi connectivity index (χ0) is 14.3. The van der Waals surface area contributed by atoms with Crippen molar-refractivity contribution < 1.29 is 19.7 Å². The van der Waals surface area contributed by atoms with Crippen LogP contribution in [0.2, 0.25) is 0 Å². The third-order valence-electron chi connectivity index (χ3n) is 3.24. The quantitative estimate of drug-likeness (QED) is 0.742. The summed E-state index contributed by atoms with van der Waals surface area (Å²) in [5, 5.41) is 28.5. The van der Waals surface area contributed by atoms with Gasteiger partial charge in [-0.05, 0) is 18.1 Å². The number of hydrogen-bond donors (Lipinski definition) is 3. The second-order valence-electron chi connectivity index (χ2n) is 4.66. The van der Waals surface area contributed by atoms with E-state index in [4.69, 9.17) is 4.42 Å². The van der Waals surface area contributed by atoms with Crippen molar-refractivity contribution in [1.82, 2.24) is 0 Å². The van der Waals surface area contributed by atoms with Gasteiger partial charge >= 0.3 is 0 Å². The largest absolute Gasteiger partial charge is 0.512 e. The maximum atomic E-state index is 12.0. The lowest BCUT2D eigenvalue weighted by atomic mass is 10.0. The van der Waals surface area contributed by atoms with Crippen molar-refractivity contribution in [1.29, 1.82) is 0 Å². The van der Waals surface area contributed by atoms with Crippen LogP contribution in [0.25, 0.3) is 16.5 Å². The van der Waals surface area contributed by atoms with E-state index in [9.17, 15) is 20.1 Å². The molecule has 102 valence electrons. The zero-order valence-corrected chi connectivity index (χ0v) is 10.5. The van der Waals surface area contributed by atoms with E-state index < -0.39 is 0 Å². The molecule has 1 aromatic heterocycles. The van der Waals surface area contributed by atoms with Crippen molar-refractivity contribution in [3.05, 3.63) is 52.1 Å². The summed E-state index contributed by atoms with van der Waals surface area (Å²) >= 11 is 0. The molecule has 3 rings (SSSR count). The average molecular weight is 272 g/mol. The van der Waals surface area contributed by atoms with E-state index >= 15 is 0 Å². The summed E-state index contributed by atoms with van der Waals surface area (Å²) in [5.41, 5.74) is 0.535. The Morgan fingerprint density at radius 1 is 1.00 bits per heavy atom. The van der Waals surface area contributed by atoms with Gasteiger partial charge in [0.25, 0.3) is 0 Å². The molecule has 0 atom stereocenters. The highest BCUT2D eigenvalue weighted by Crippen LogP contribution is 2.31. The summed E-state index contributed by atoms with van der Waals surface area (Å²) in [6.07, 6.45) is 4.29. The number of fused-ring (bicyclic) bond motifs is 1. The fourth-order valence-electron chi connectivity index (χ4n) is 2.24. The van der Waals surface area contributed by atoms with E-state index in [-0.39, 0.29) is 33.7 Å². The summed E-state index contributed by atoms with van der Waals surface area (Å²) in [4.78, 5) is 12.0. The van der Waals surface area contributed by atoms with Crippen LogP contribution in [0.4, 0.5) is 0 Å². The molecule has 0 bridgehead atoms. The van der Waals surface area contributed by atoms with Crippen LogP contribution in [0.3, 0.4) is 0 Å².